The minimum atomic E-state index is 0. The Morgan fingerprint density at radius 2 is 2.04 bits per heavy atom. The van der Waals surface area contributed by atoms with Crippen LogP contribution in [0.4, 0.5) is 0 Å². The summed E-state index contributed by atoms with van der Waals surface area (Å²) in [5.41, 5.74) is 2.32. The molecule has 2 N–H and O–H groups in total. The largest absolute Gasteiger partial charge is 0.356 e. The number of nitrogens with zero attached hydrogens (tertiary/aromatic N) is 3. The number of aromatic nitrogens is 2. The number of hydrogen-bond donors (Lipinski definition) is 2. The van der Waals surface area contributed by atoms with Gasteiger partial charge in [-0.2, -0.15) is 5.10 Å². The molecule has 6 heteroatoms. The molecule has 0 amide bonds. The zero-order chi connectivity index (χ0) is 15.9. The molecule has 23 heavy (non-hydrogen) atoms. The summed E-state index contributed by atoms with van der Waals surface area (Å²) >= 11 is 0. The molecule has 5 nitrogen and oxygen atoms in total. The lowest BCUT2D eigenvalue weighted by Crippen LogP contribution is -2.45. The number of hydrogen-bond acceptors (Lipinski definition) is 2. The Bertz CT molecular complexity index is 491. The van der Waals surface area contributed by atoms with Gasteiger partial charge in [0, 0.05) is 31.9 Å². The molecule has 132 valence electrons. The summed E-state index contributed by atoms with van der Waals surface area (Å²) in [6.07, 6.45) is 6.58. The minimum absolute atomic E-state index is 0. The van der Waals surface area contributed by atoms with Gasteiger partial charge in [0.15, 0.2) is 5.96 Å². The van der Waals surface area contributed by atoms with Crippen LogP contribution in [0.15, 0.2) is 11.1 Å². The molecule has 0 bridgehead atoms. The Morgan fingerprint density at radius 1 is 1.35 bits per heavy atom. The van der Waals surface area contributed by atoms with Gasteiger partial charge in [0.05, 0.1) is 5.69 Å². The first-order valence-corrected chi connectivity index (χ1v) is 8.56. The highest BCUT2D eigenvalue weighted by molar-refractivity contribution is 14.0. The highest BCUT2D eigenvalue weighted by atomic mass is 127. The molecule has 1 unspecified atom stereocenters. The Labute approximate surface area is 157 Å². The van der Waals surface area contributed by atoms with Gasteiger partial charge in [-0.3, -0.25) is 9.67 Å². The number of aliphatic imine (C=N–C) groups is 1. The highest BCUT2D eigenvalue weighted by Gasteiger charge is 2.15. The maximum Gasteiger partial charge on any atom is 0.191 e. The Kier molecular flexibility index (Phi) is 8.94. The smallest absolute Gasteiger partial charge is 0.191 e. The molecule has 1 heterocycles. The average Bonchev–Trinajstić information content (AvgIpc) is 2.82. The number of halogens is 1. The molecule has 2 rings (SSSR count). The normalized spacial score (nSPS) is 17.5. The minimum Gasteiger partial charge on any atom is -0.356 e. The van der Waals surface area contributed by atoms with Crippen molar-refractivity contribution in [2.24, 2.45) is 10.9 Å². The van der Waals surface area contributed by atoms with Crippen molar-refractivity contribution < 1.29 is 0 Å². The third kappa shape index (κ3) is 6.69. The fourth-order valence-electron chi connectivity index (χ4n) is 3.13. The maximum atomic E-state index is 4.53. The zero-order valence-electron chi connectivity index (χ0n) is 14.9. The van der Waals surface area contributed by atoms with E-state index in [1.807, 2.05) is 14.0 Å². The lowest BCUT2D eigenvalue weighted by molar-refractivity contribution is 0.404. The quantitative estimate of drug-likeness (QED) is 0.426. The lowest BCUT2D eigenvalue weighted by atomic mass is 9.96. The van der Waals surface area contributed by atoms with Gasteiger partial charge in [0.25, 0.3) is 0 Å². The van der Waals surface area contributed by atoms with Crippen LogP contribution in [0, 0.1) is 19.8 Å². The fourth-order valence-corrected chi connectivity index (χ4v) is 3.13. The van der Waals surface area contributed by atoms with Crippen molar-refractivity contribution in [2.45, 2.75) is 65.5 Å². The molecule has 0 aliphatic heterocycles. The second-order valence-electron chi connectivity index (χ2n) is 6.65. The van der Waals surface area contributed by atoms with Crippen LogP contribution in [0.2, 0.25) is 0 Å². The molecule has 1 aromatic heterocycles. The summed E-state index contributed by atoms with van der Waals surface area (Å²) in [5, 5.41) is 11.6. The molecule has 0 radical (unpaired) electrons. The van der Waals surface area contributed by atoms with Crippen molar-refractivity contribution in [1.29, 1.82) is 0 Å². The summed E-state index contributed by atoms with van der Waals surface area (Å²) in [6.45, 7) is 8.25. The van der Waals surface area contributed by atoms with E-state index in [9.17, 15) is 0 Å². The molecule has 1 atom stereocenters. The first-order valence-electron chi connectivity index (χ1n) is 8.56. The zero-order valence-corrected chi connectivity index (χ0v) is 17.3. The topological polar surface area (TPSA) is 54.2 Å². The molecule has 0 saturated heterocycles. The molecule has 1 fully saturated rings. The Hall–Kier alpha value is -0.790. The molecule has 1 aliphatic rings. The second kappa shape index (κ2) is 10.2. The van der Waals surface area contributed by atoms with Gasteiger partial charge in [-0.15, -0.1) is 24.0 Å². The number of rotatable bonds is 5. The second-order valence-corrected chi connectivity index (χ2v) is 6.65. The third-order valence-corrected chi connectivity index (χ3v) is 4.38. The van der Waals surface area contributed by atoms with Crippen LogP contribution in [-0.4, -0.2) is 35.4 Å². The van der Waals surface area contributed by atoms with Gasteiger partial charge in [-0.25, -0.2) is 0 Å². The fraction of sp³-hybridized carbons (Fsp3) is 0.765. The summed E-state index contributed by atoms with van der Waals surface area (Å²) in [4.78, 5) is 4.35. The molecular weight excluding hydrogens is 401 g/mol. The number of aryl methyl sites for hydroxylation is 2. The molecular formula is C17H32IN5. The van der Waals surface area contributed by atoms with Crippen LogP contribution >= 0.6 is 24.0 Å². The van der Waals surface area contributed by atoms with E-state index < -0.39 is 0 Å². The standard InChI is InChI=1S/C17H31N5.HI/c1-13(12-22-15(3)10-14(2)21-22)11-19-17(18-4)20-16-8-6-5-7-9-16;/h10,13,16H,5-9,11-12H2,1-4H3,(H2,18,19,20);1H. The van der Waals surface area contributed by atoms with Gasteiger partial charge in [-0.05, 0) is 38.7 Å². The summed E-state index contributed by atoms with van der Waals surface area (Å²) in [5.74, 6) is 1.44. The van der Waals surface area contributed by atoms with E-state index in [2.05, 4.69) is 45.3 Å². The van der Waals surface area contributed by atoms with Crippen molar-refractivity contribution in [3.63, 3.8) is 0 Å². The van der Waals surface area contributed by atoms with E-state index in [0.29, 0.717) is 12.0 Å². The van der Waals surface area contributed by atoms with Crippen molar-refractivity contribution in [3.05, 3.63) is 17.5 Å². The van der Waals surface area contributed by atoms with Crippen LogP contribution < -0.4 is 10.6 Å². The van der Waals surface area contributed by atoms with Crippen molar-refractivity contribution >= 4 is 29.9 Å². The summed E-state index contributed by atoms with van der Waals surface area (Å²) in [6, 6.07) is 2.72. The summed E-state index contributed by atoms with van der Waals surface area (Å²) in [7, 11) is 1.85. The Morgan fingerprint density at radius 3 is 2.61 bits per heavy atom. The molecule has 0 spiro atoms. The third-order valence-electron chi connectivity index (χ3n) is 4.38. The van der Waals surface area contributed by atoms with E-state index in [1.54, 1.807) is 0 Å². The van der Waals surface area contributed by atoms with E-state index in [1.165, 1.54) is 37.8 Å². The van der Waals surface area contributed by atoms with Crippen molar-refractivity contribution in [2.75, 3.05) is 13.6 Å². The van der Waals surface area contributed by atoms with Crippen LogP contribution in [0.1, 0.15) is 50.4 Å². The highest BCUT2D eigenvalue weighted by Crippen LogP contribution is 2.17. The SMILES string of the molecule is CN=C(NCC(C)Cn1nc(C)cc1C)NC1CCCCC1.I. The van der Waals surface area contributed by atoms with Crippen LogP contribution in [0.3, 0.4) is 0 Å². The van der Waals surface area contributed by atoms with Gasteiger partial charge in [0.1, 0.15) is 0 Å². The number of guanidine groups is 1. The predicted molar refractivity (Wildman–Crippen MR) is 108 cm³/mol. The molecule has 1 aromatic rings. The first kappa shape index (κ1) is 20.3. The van der Waals surface area contributed by atoms with Crippen LogP contribution in [-0.2, 0) is 6.54 Å². The van der Waals surface area contributed by atoms with E-state index in [-0.39, 0.29) is 24.0 Å². The average molecular weight is 433 g/mol. The number of nitrogens with one attached hydrogen (secondary N) is 2. The van der Waals surface area contributed by atoms with Crippen LogP contribution in [0.25, 0.3) is 0 Å². The summed E-state index contributed by atoms with van der Waals surface area (Å²) < 4.78 is 2.10. The molecule has 1 aliphatic carbocycles. The van der Waals surface area contributed by atoms with Gasteiger partial charge in [-0.1, -0.05) is 26.2 Å². The molecule has 1 saturated carbocycles. The predicted octanol–water partition coefficient (Wildman–Crippen LogP) is 3.25. The van der Waals surface area contributed by atoms with E-state index in [4.69, 9.17) is 0 Å². The molecule has 0 aromatic carbocycles. The van der Waals surface area contributed by atoms with E-state index in [0.717, 1.165) is 24.7 Å². The monoisotopic (exact) mass is 433 g/mol. The van der Waals surface area contributed by atoms with Crippen molar-refractivity contribution in [3.8, 4) is 0 Å². The maximum absolute atomic E-state index is 4.53. The first-order chi connectivity index (χ1) is 10.6. The van der Waals surface area contributed by atoms with Crippen LogP contribution in [0.5, 0.6) is 0 Å². The Balaban J connectivity index is 0.00000264. The van der Waals surface area contributed by atoms with Gasteiger partial charge < -0.3 is 10.6 Å². The van der Waals surface area contributed by atoms with Gasteiger partial charge >= 0.3 is 0 Å². The van der Waals surface area contributed by atoms with E-state index >= 15 is 0 Å². The van der Waals surface area contributed by atoms with Crippen molar-refractivity contribution in [1.82, 2.24) is 20.4 Å². The van der Waals surface area contributed by atoms with Gasteiger partial charge in [0.2, 0.25) is 0 Å². The lowest BCUT2D eigenvalue weighted by Gasteiger charge is -2.25.